The minimum Gasteiger partial charge on any atom is -0.487 e. The van der Waals surface area contributed by atoms with Gasteiger partial charge in [0.05, 0.1) is 19.4 Å². The molecular weight excluding hydrogens is 1140 g/mol. The number of amides is 3. The zero-order valence-corrected chi connectivity index (χ0v) is 49.7. The number of halogens is 1. The number of ether oxygens (including phenoxy) is 6. The molecule has 2 N–H and O–H groups in total. The van der Waals surface area contributed by atoms with Gasteiger partial charge in [-0.05, 0) is 113 Å². The summed E-state index contributed by atoms with van der Waals surface area (Å²) in [7, 11) is 1.61. The molecule has 0 unspecified atom stereocenters. The minimum atomic E-state index is -0.545. The lowest BCUT2D eigenvalue weighted by Gasteiger charge is -2.20. The van der Waals surface area contributed by atoms with Crippen molar-refractivity contribution in [1.82, 2.24) is 49.9 Å². The monoisotopic (exact) mass is 1210 g/mol. The molecule has 8 aromatic rings. The van der Waals surface area contributed by atoms with E-state index in [1.165, 1.54) is 0 Å². The largest absolute Gasteiger partial charge is 0.487 e. The van der Waals surface area contributed by atoms with Crippen LogP contribution in [0.4, 0.5) is 4.79 Å². The van der Waals surface area contributed by atoms with Crippen LogP contribution in [0.1, 0.15) is 107 Å². The number of benzene rings is 4. The standard InChI is InChI=1S/C21H29N3O5.C21H21N3O2.C14H15N3O2.C7H8BrNO/c1-5-27-19(25)18-14-16(15-28-17-10-7-6-8-11-17)23-24(18)13-9-12-22-20(26)29-21(2,3)4;25-21-20-14-18(16-26-19-10-5-2-6-11-19)22-24(20)13-7-12-23(21)15-17-8-3-1-4-9-17;18-14-13-9-11(16-17(13)8-4-7-15-14)10-19-12-5-2-1-3-6-12;1-10-7-4-2-3-6(5-8)9-7/h6-8,10-11,14H,5,9,12-13,15H2,1-4H3,(H,22,26);1-6,8-11,14H,7,12-13,15-16H2;1-3,5-6,9H,4,7-8,10H2,(H,15,18);2-4H,5H2,1H3. The van der Waals surface area contributed by atoms with Gasteiger partial charge in [-0.25, -0.2) is 14.6 Å². The van der Waals surface area contributed by atoms with Crippen molar-refractivity contribution in [3.8, 4) is 23.1 Å². The van der Waals surface area contributed by atoms with Crippen LogP contribution >= 0.6 is 15.9 Å². The Kier molecular flexibility index (Phi) is 24.3. The Labute approximate surface area is 498 Å². The molecule has 0 bridgehead atoms. The topological polar surface area (TPSA) is 217 Å². The van der Waals surface area contributed by atoms with E-state index in [2.05, 4.69) is 59.0 Å². The molecule has 21 heteroatoms. The van der Waals surface area contributed by atoms with Crippen molar-refractivity contribution in [1.29, 1.82) is 0 Å². The summed E-state index contributed by atoms with van der Waals surface area (Å²) in [6.07, 6.45) is 1.90. The lowest BCUT2D eigenvalue weighted by molar-refractivity contribution is 0.0501. The number of alkyl carbamates (subject to hydrolysis) is 1. The second-order valence-corrected chi connectivity index (χ2v) is 20.6. The number of aryl methyl sites for hydroxylation is 3. The Morgan fingerprint density at radius 1 is 0.655 bits per heavy atom. The third kappa shape index (κ3) is 20.5. The Morgan fingerprint density at radius 3 is 1.76 bits per heavy atom. The molecule has 0 radical (unpaired) electrons. The van der Waals surface area contributed by atoms with E-state index < -0.39 is 17.7 Å². The van der Waals surface area contributed by atoms with Crippen LogP contribution in [0.3, 0.4) is 0 Å². The maximum atomic E-state index is 13.0. The molecule has 4 aromatic heterocycles. The molecule has 3 amide bonds. The zero-order chi connectivity index (χ0) is 59.5. The third-order valence-corrected chi connectivity index (χ3v) is 12.9. The second-order valence-electron chi connectivity index (χ2n) is 20.0. The molecule has 84 heavy (non-hydrogen) atoms. The van der Waals surface area contributed by atoms with E-state index in [0.717, 1.165) is 77.7 Å². The Morgan fingerprint density at radius 2 is 1.20 bits per heavy atom. The number of rotatable bonds is 19. The summed E-state index contributed by atoms with van der Waals surface area (Å²) in [5.74, 6) is 2.52. The average molecular weight is 1210 g/mol. The highest BCUT2D eigenvalue weighted by Crippen LogP contribution is 2.20. The van der Waals surface area contributed by atoms with Crippen LogP contribution in [0.25, 0.3) is 0 Å². The summed E-state index contributed by atoms with van der Waals surface area (Å²) in [5.41, 5.74) is 5.37. The van der Waals surface area contributed by atoms with E-state index in [0.29, 0.717) is 74.5 Å². The first-order chi connectivity index (χ1) is 40.8. The number of carbonyl (C=O) groups excluding carboxylic acids is 4. The number of fused-ring (bicyclic) bond motifs is 2. The molecule has 0 saturated heterocycles. The van der Waals surface area contributed by atoms with Crippen molar-refractivity contribution in [2.24, 2.45) is 0 Å². The number of hydrogen-bond donors (Lipinski definition) is 2. The lowest BCUT2D eigenvalue weighted by Crippen LogP contribution is -2.33. The number of aromatic nitrogens is 7. The number of nitrogens with one attached hydrogen (secondary N) is 2. The minimum absolute atomic E-state index is 0.0322. The molecule has 20 nitrogen and oxygen atoms in total. The number of carbonyl (C=O) groups is 4. The van der Waals surface area contributed by atoms with Crippen LogP contribution in [-0.2, 0) is 60.8 Å². The number of esters is 1. The smallest absolute Gasteiger partial charge is 0.407 e. The van der Waals surface area contributed by atoms with Gasteiger partial charge in [0.2, 0.25) is 5.88 Å². The quantitative estimate of drug-likeness (QED) is 0.0437. The van der Waals surface area contributed by atoms with Gasteiger partial charge in [0.1, 0.15) is 76.8 Å². The zero-order valence-electron chi connectivity index (χ0n) is 48.2. The summed E-state index contributed by atoms with van der Waals surface area (Å²) in [4.78, 5) is 54.7. The van der Waals surface area contributed by atoms with Crippen molar-refractivity contribution in [2.45, 2.75) is 104 Å². The van der Waals surface area contributed by atoms with Crippen LogP contribution in [0.2, 0.25) is 0 Å². The molecule has 2 aliphatic heterocycles. The number of para-hydroxylation sites is 3. The Balaban J connectivity index is 0.000000169. The second kappa shape index (κ2) is 32.6. The molecule has 10 rings (SSSR count). The van der Waals surface area contributed by atoms with Crippen LogP contribution in [0.5, 0.6) is 23.1 Å². The number of methoxy groups -OCH3 is 1. The highest BCUT2D eigenvalue weighted by atomic mass is 79.9. The fourth-order valence-electron chi connectivity index (χ4n) is 8.41. The molecule has 6 heterocycles. The normalized spacial score (nSPS) is 12.5. The highest BCUT2D eigenvalue weighted by Gasteiger charge is 2.25. The lowest BCUT2D eigenvalue weighted by atomic mass is 10.2. The molecule has 0 fully saturated rings. The van der Waals surface area contributed by atoms with E-state index in [-0.39, 0.29) is 25.0 Å². The van der Waals surface area contributed by atoms with Crippen LogP contribution < -0.4 is 29.6 Å². The summed E-state index contributed by atoms with van der Waals surface area (Å²) in [6, 6.07) is 49.7. The fourth-order valence-corrected chi connectivity index (χ4v) is 8.72. The predicted octanol–water partition coefficient (Wildman–Crippen LogP) is 10.6. The number of pyridine rings is 1. The van der Waals surface area contributed by atoms with Gasteiger partial charge in [0.15, 0.2) is 0 Å². The third-order valence-electron chi connectivity index (χ3n) is 12.3. The predicted molar refractivity (Wildman–Crippen MR) is 320 cm³/mol. The van der Waals surface area contributed by atoms with Crippen LogP contribution in [0, 0.1) is 0 Å². The van der Waals surface area contributed by atoms with Gasteiger partial charge in [-0.1, -0.05) is 107 Å². The Bertz CT molecular complexity index is 3280. The number of hydrogen-bond acceptors (Lipinski definition) is 14. The van der Waals surface area contributed by atoms with Crippen molar-refractivity contribution in [3.05, 3.63) is 203 Å². The number of alkyl halides is 1. The van der Waals surface area contributed by atoms with E-state index in [1.54, 1.807) is 56.3 Å². The van der Waals surface area contributed by atoms with Gasteiger partial charge in [-0.3, -0.25) is 23.6 Å². The summed E-state index contributed by atoms with van der Waals surface area (Å²) in [6.45, 7) is 12.8. The van der Waals surface area contributed by atoms with Gasteiger partial charge in [0, 0.05) is 57.2 Å². The molecule has 4 aromatic carbocycles. The molecule has 2 aliphatic rings. The van der Waals surface area contributed by atoms with E-state index in [4.69, 9.17) is 28.4 Å². The highest BCUT2D eigenvalue weighted by molar-refractivity contribution is 9.08. The Hall–Kier alpha value is -8.98. The van der Waals surface area contributed by atoms with Gasteiger partial charge >= 0.3 is 12.1 Å². The summed E-state index contributed by atoms with van der Waals surface area (Å²) < 4.78 is 37.5. The van der Waals surface area contributed by atoms with Crippen LogP contribution in [0.15, 0.2) is 158 Å². The van der Waals surface area contributed by atoms with E-state index in [9.17, 15) is 19.2 Å². The molecule has 0 atom stereocenters. The van der Waals surface area contributed by atoms with Crippen molar-refractivity contribution in [3.63, 3.8) is 0 Å². The van der Waals surface area contributed by atoms with E-state index >= 15 is 0 Å². The first-order valence-corrected chi connectivity index (χ1v) is 28.9. The maximum absolute atomic E-state index is 13.0. The van der Waals surface area contributed by atoms with Crippen molar-refractivity contribution >= 4 is 39.8 Å². The first-order valence-electron chi connectivity index (χ1n) is 27.8. The SMILES string of the molecule is CCOC(=O)c1cc(COc2ccccc2)nn1CCCNC(=O)OC(C)(C)C.COc1cccc(CBr)n1.O=C1NCCCn2nc(COc3ccccc3)cc21.O=C1c2cc(COc3ccccc3)nn2CCCN1Cc1ccccc1. The molecule has 442 valence electrons. The fraction of sp³-hybridized carbons (Fsp3) is 0.333. The van der Waals surface area contributed by atoms with Crippen molar-refractivity contribution < 1.29 is 47.6 Å². The van der Waals surface area contributed by atoms with Gasteiger partial charge in [-0.15, -0.1) is 0 Å². The molecule has 0 spiro atoms. The maximum Gasteiger partial charge on any atom is 0.407 e. The molecule has 0 aliphatic carbocycles. The summed E-state index contributed by atoms with van der Waals surface area (Å²) in [5, 5.41) is 19.7. The van der Waals surface area contributed by atoms with Gasteiger partial charge < -0.3 is 44.0 Å². The van der Waals surface area contributed by atoms with Crippen LogP contribution in [-0.4, -0.2) is 102 Å². The average Bonchev–Trinajstić information content (AvgIpc) is 3.84. The molecule has 0 saturated carbocycles. The first kappa shape index (κ1) is 62.6. The summed E-state index contributed by atoms with van der Waals surface area (Å²) >= 11 is 3.30. The van der Waals surface area contributed by atoms with Gasteiger partial charge in [0.25, 0.3) is 11.8 Å². The van der Waals surface area contributed by atoms with Gasteiger partial charge in [-0.2, -0.15) is 15.3 Å². The van der Waals surface area contributed by atoms with E-state index in [1.807, 2.05) is 143 Å². The molecular formula is C63H73BrN10O10. The number of nitrogens with zero attached hydrogens (tertiary/aromatic N) is 8. The van der Waals surface area contributed by atoms with Crippen molar-refractivity contribution in [2.75, 3.05) is 33.4 Å².